The Balaban J connectivity index is 2.17. The minimum Gasteiger partial charge on any atom is -0.289 e. The summed E-state index contributed by atoms with van der Waals surface area (Å²) in [4.78, 5) is 11.8. The first-order chi connectivity index (χ1) is 8.27. The largest absolute Gasteiger partial charge is 0.289 e. The normalized spacial score (nSPS) is 10.6. The van der Waals surface area contributed by atoms with E-state index in [0.717, 1.165) is 5.56 Å². The standard InChI is InChI=1S/C15H11ClO/c16-14-9-5-4-6-12(14)10-11-15(17)13-7-2-1-3-8-13/h1-11H/b11-10-. The lowest BCUT2D eigenvalue weighted by atomic mass is 10.1. The van der Waals surface area contributed by atoms with E-state index in [2.05, 4.69) is 0 Å². The first-order valence-electron chi connectivity index (χ1n) is 5.29. The third kappa shape index (κ3) is 3.05. The lowest BCUT2D eigenvalue weighted by Gasteiger charge is -1.97. The van der Waals surface area contributed by atoms with Crippen LogP contribution >= 0.6 is 11.6 Å². The second kappa shape index (κ2) is 5.46. The quantitative estimate of drug-likeness (QED) is 0.581. The molecule has 2 aromatic carbocycles. The maximum absolute atomic E-state index is 11.8. The Morgan fingerprint density at radius 3 is 2.29 bits per heavy atom. The minimum absolute atomic E-state index is 0.0227. The number of allylic oxidation sites excluding steroid dienone is 1. The van der Waals surface area contributed by atoms with Crippen molar-refractivity contribution < 1.29 is 4.79 Å². The Hall–Kier alpha value is -1.86. The van der Waals surface area contributed by atoms with Gasteiger partial charge >= 0.3 is 0 Å². The molecule has 2 heteroatoms. The molecule has 0 N–H and O–H groups in total. The Bertz CT molecular complexity index is 544. The predicted octanol–water partition coefficient (Wildman–Crippen LogP) is 4.24. The topological polar surface area (TPSA) is 17.1 Å². The zero-order valence-corrected chi connectivity index (χ0v) is 9.89. The van der Waals surface area contributed by atoms with Crippen LogP contribution < -0.4 is 0 Å². The number of carbonyl (C=O) groups excluding carboxylic acids is 1. The van der Waals surface area contributed by atoms with Crippen LogP contribution in [-0.4, -0.2) is 5.78 Å². The first-order valence-corrected chi connectivity index (χ1v) is 5.67. The summed E-state index contributed by atoms with van der Waals surface area (Å²) in [6, 6.07) is 16.6. The first kappa shape index (κ1) is 11.6. The molecule has 17 heavy (non-hydrogen) atoms. The fourth-order valence-electron chi connectivity index (χ4n) is 1.47. The summed E-state index contributed by atoms with van der Waals surface area (Å²) in [5.41, 5.74) is 1.52. The molecule has 0 saturated carbocycles. The van der Waals surface area contributed by atoms with E-state index in [1.165, 1.54) is 6.08 Å². The SMILES string of the molecule is O=C(/C=C\c1ccccc1Cl)c1ccccc1. The maximum atomic E-state index is 11.8. The molecule has 0 spiro atoms. The number of halogens is 1. The highest BCUT2D eigenvalue weighted by Crippen LogP contribution is 2.16. The Labute approximate surface area is 105 Å². The fraction of sp³-hybridized carbons (Fsp3) is 0. The van der Waals surface area contributed by atoms with Crippen LogP contribution in [0.2, 0.25) is 5.02 Å². The summed E-state index contributed by atoms with van der Waals surface area (Å²) in [6.07, 6.45) is 3.27. The number of benzene rings is 2. The van der Waals surface area contributed by atoms with Crippen LogP contribution in [-0.2, 0) is 0 Å². The zero-order chi connectivity index (χ0) is 12.1. The van der Waals surface area contributed by atoms with Gasteiger partial charge in [0.1, 0.15) is 0 Å². The number of hydrogen-bond donors (Lipinski definition) is 0. The number of carbonyl (C=O) groups is 1. The van der Waals surface area contributed by atoms with E-state index in [9.17, 15) is 4.79 Å². The van der Waals surface area contributed by atoms with Crippen LogP contribution in [0.15, 0.2) is 60.7 Å². The molecule has 0 aliphatic heterocycles. The van der Waals surface area contributed by atoms with Crippen molar-refractivity contribution in [2.75, 3.05) is 0 Å². The third-order valence-corrected chi connectivity index (χ3v) is 2.72. The van der Waals surface area contributed by atoms with Crippen LogP contribution in [0, 0.1) is 0 Å². The molecule has 84 valence electrons. The highest BCUT2D eigenvalue weighted by molar-refractivity contribution is 6.32. The molecule has 0 heterocycles. The van der Waals surface area contributed by atoms with Crippen LogP contribution in [0.3, 0.4) is 0 Å². The molecule has 2 aromatic rings. The zero-order valence-electron chi connectivity index (χ0n) is 9.14. The van der Waals surface area contributed by atoms with E-state index >= 15 is 0 Å². The lowest BCUT2D eigenvalue weighted by Crippen LogP contribution is -1.92. The van der Waals surface area contributed by atoms with E-state index in [-0.39, 0.29) is 5.78 Å². The van der Waals surface area contributed by atoms with Gasteiger partial charge in [0, 0.05) is 10.6 Å². The third-order valence-electron chi connectivity index (χ3n) is 2.38. The van der Waals surface area contributed by atoms with Crippen molar-refractivity contribution in [1.29, 1.82) is 0 Å². The van der Waals surface area contributed by atoms with E-state index in [1.807, 2.05) is 36.4 Å². The van der Waals surface area contributed by atoms with Crippen LogP contribution in [0.1, 0.15) is 15.9 Å². The van der Waals surface area contributed by atoms with Crippen LogP contribution in [0.4, 0.5) is 0 Å². The number of ketones is 1. The van der Waals surface area contributed by atoms with E-state index in [1.54, 1.807) is 24.3 Å². The van der Waals surface area contributed by atoms with Crippen LogP contribution in [0.25, 0.3) is 6.08 Å². The molecule has 2 rings (SSSR count). The molecule has 1 nitrogen and oxygen atoms in total. The van der Waals surface area contributed by atoms with E-state index < -0.39 is 0 Å². The summed E-state index contributed by atoms with van der Waals surface area (Å²) < 4.78 is 0. The van der Waals surface area contributed by atoms with Gasteiger partial charge in [0.05, 0.1) is 0 Å². The Morgan fingerprint density at radius 2 is 1.59 bits per heavy atom. The monoisotopic (exact) mass is 242 g/mol. The minimum atomic E-state index is -0.0227. The molecule has 0 aliphatic carbocycles. The molecular weight excluding hydrogens is 232 g/mol. The summed E-state index contributed by atoms with van der Waals surface area (Å²) in [7, 11) is 0. The van der Waals surface area contributed by atoms with Gasteiger partial charge in [-0.2, -0.15) is 0 Å². The average molecular weight is 243 g/mol. The average Bonchev–Trinajstić information content (AvgIpc) is 2.38. The number of rotatable bonds is 3. The second-order valence-corrected chi connectivity index (χ2v) is 3.99. The van der Waals surface area contributed by atoms with E-state index in [0.29, 0.717) is 10.6 Å². The van der Waals surface area contributed by atoms with E-state index in [4.69, 9.17) is 11.6 Å². The van der Waals surface area contributed by atoms with Crippen molar-refractivity contribution in [2.24, 2.45) is 0 Å². The molecule has 0 amide bonds. The summed E-state index contributed by atoms with van der Waals surface area (Å²) in [5.74, 6) is -0.0227. The molecule has 0 saturated heterocycles. The van der Waals surface area contributed by atoms with Gasteiger partial charge < -0.3 is 0 Å². The van der Waals surface area contributed by atoms with Crippen molar-refractivity contribution >= 4 is 23.5 Å². The van der Waals surface area contributed by atoms with Gasteiger partial charge in [0.25, 0.3) is 0 Å². The van der Waals surface area contributed by atoms with Gasteiger partial charge in [-0.3, -0.25) is 4.79 Å². The van der Waals surface area contributed by atoms with Gasteiger partial charge in [-0.1, -0.05) is 60.1 Å². The summed E-state index contributed by atoms with van der Waals surface area (Å²) >= 11 is 5.99. The molecule has 0 aliphatic rings. The van der Waals surface area contributed by atoms with Gasteiger partial charge in [-0.15, -0.1) is 0 Å². The van der Waals surface area contributed by atoms with Gasteiger partial charge in [0.15, 0.2) is 5.78 Å². The molecule has 0 fully saturated rings. The number of hydrogen-bond acceptors (Lipinski definition) is 1. The fourth-order valence-corrected chi connectivity index (χ4v) is 1.67. The van der Waals surface area contributed by atoms with Crippen molar-refractivity contribution in [2.45, 2.75) is 0 Å². The second-order valence-electron chi connectivity index (χ2n) is 3.59. The molecule has 0 bridgehead atoms. The van der Waals surface area contributed by atoms with Crippen molar-refractivity contribution in [3.8, 4) is 0 Å². The molecular formula is C15H11ClO. The summed E-state index contributed by atoms with van der Waals surface area (Å²) in [6.45, 7) is 0. The smallest absolute Gasteiger partial charge is 0.185 e. The molecule has 0 unspecified atom stereocenters. The lowest BCUT2D eigenvalue weighted by molar-refractivity contribution is 0.104. The van der Waals surface area contributed by atoms with Crippen molar-refractivity contribution in [1.82, 2.24) is 0 Å². The van der Waals surface area contributed by atoms with Gasteiger partial charge in [0.2, 0.25) is 0 Å². The highest BCUT2D eigenvalue weighted by atomic mass is 35.5. The predicted molar refractivity (Wildman–Crippen MR) is 71.3 cm³/mol. The summed E-state index contributed by atoms with van der Waals surface area (Å²) in [5, 5.41) is 0.643. The van der Waals surface area contributed by atoms with Crippen molar-refractivity contribution in [3.05, 3.63) is 76.8 Å². The Kier molecular flexibility index (Phi) is 3.73. The molecule has 0 atom stereocenters. The van der Waals surface area contributed by atoms with Crippen LogP contribution in [0.5, 0.6) is 0 Å². The molecule has 0 aromatic heterocycles. The van der Waals surface area contributed by atoms with Gasteiger partial charge in [-0.05, 0) is 23.8 Å². The highest BCUT2D eigenvalue weighted by Gasteiger charge is 2.00. The van der Waals surface area contributed by atoms with Gasteiger partial charge in [-0.25, -0.2) is 0 Å². The molecule has 0 radical (unpaired) electrons. The van der Waals surface area contributed by atoms with Crippen molar-refractivity contribution in [3.63, 3.8) is 0 Å². The maximum Gasteiger partial charge on any atom is 0.185 e. The Morgan fingerprint density at radius 1 is 0.941 bits per heavy atom.